The highest BCUT2D eigenvalue weighted by Gasteiger charge is 2.23. The van der Waals surface area contributed by atoms with Crippen LogP contribution >= 0.6 is 0 Å². The first-order valence-corrected chi connectivity index (χ1v) is 4.36. The number of carbonyl (C=O) groups is 1. The highest BCUT2D eigenvalue weighted by atomic mass is 17.2. The summed E-state index contributed by atoms with van der Waals surface area (Å²) in [4.78, 5) is 20.5. The number of epoxide rings is 1. The van der Waals surface area contributed by atoms with Gasteiger partial charge in [0, 0.05) is 12.5 Å². The van der Waals surface area contributed by atoms with Gasteiger partial charge in [-0.25, -0.2) is 9.68 Å². The minimum Gasteiger partial charge on any atom is -0.430 e. The molecule has 0 aliphatic carbocycles. The van der Waals surface area contributed by atoms with Crippen LogP contribution in [0.5, 0.6) is 0 Å². The molecule has 1 aliphatic rings. The lowest BCUT2D eigenvalue weighted by molar-refractivity contribution is -0.365. The smallest absolute Gasteiger partial charge is 0.335 e. The van der Waals surface area contributed by atoms with E-state index in [1.807, 2.05) is 0 Å². The van der Waals surface area contributed by atoms with Gasteiger partial charge in [-0.05, 0) is 6.92 Å². The Morgan fingerprint density at radius 2 is 2.36 bits per heavy atom. The van der Waals surface area contributed by atoms with Crippen molar-refractivity contribution in [2.45, 2.75) is 26.2 Å². The zero-order valence-corrected chi connectivity index (χ0v) is 8.32. The lowest BCUT2D eigenvalue weighted by Crippen LogP contribution is -2.19. The Morgan fingerprint density at radius 1 is 1.71 bits per heavy atom. The van der Waals surface area contributed by atoms with Crippen LogP contribution in [0.25, 0.3) is 0 Å². The maximum Gasteiger partial charge on any atom is 0.335 e. The van der Waals surface area contributed by atoms with Crippen LogP contribution in [0.4, 0.5) is 0 Å². The summed E-state index contributed by atoms with van der Waals surface area (Å²) in [6.45, 7) is 7.62. The Labute approximate surface area is 82.5 Å². The lowest BCUT2D eigenvalue weighted by atomic mass is 10.4. The molecule has 0 N–H and O–H groups in total. The van der Waals surface area contributed by atoms with Gasteiger partial charge in [-0.1, -0.05) is 6.58 Å². The summed E-state index contributed by atoms with van der Waals surface area (Å²) in [5, 5.41) is 0. The largest absolute Gasteiger partial charge is 0.430 e. The van der Waals surface area contributed by atoms with Gasteiger partial charge < -0.3 is 9.47 Å². The van der Waals surface area contributed by atoms with Gasteiger partial charge in [-0.3, -0.25) is 0 Å². The van der Waals surface area contributed by atoms with E-state index < -0.39 is 12.3 Å². The number of esters is 1. The number of rotatable bonds is 6. The van der Waals surface area contributed by atoms with Crippen molar-refractivity contribution in [2.75, 3.05) is 13.2 Å². The molecule has 0 amide bonds. The minimum absolute atomic E-state index is 0.124. The van der Waals surface area contributed by atoms with Gasteiger partial charge >= 0.3 is 5.97 Å². The lowest BCUT2D eigenvalue weighted by Gasteiger charge is -2.12. The maximum atomic E-state index is 11.0. The number of hydrogen-bond acceptors (Lipinski definition) is 5. The van der Waals surface area contributed by atoms with E-state index in [1.54, 1.807) is 13.8 Å². The molecule has 14 heavy (non-hydrogen) atoms. The van der Waals surface area contributed by atoms with Crippen LogP contribution in [0.1, 0.15) is 13.8 Å². The van der Waals surface area contributed by atoms with Gasteiger partial charge in [0.1, 0.15) is 12.7 Å². The molecule has 1 heterocycles. The third kappa shape index (κ3) is 4.36. The Hall–Kier alpha value is -0.910. The zero-order chi connectivity index (χ0) is 10.6. The minimum atomic E-state index is -0.738. The Bertz CT molecular complexity index is 221. The molecule has 0 radical (unpaired) electrons. The van der Waals surface area contributed by atoms with E-state index in [9.17, 15) is 4.79 Å². The fourth-order valence-corrected chi connectivity index (χ4v) is 0.646. The van der Waals surface area contributed by atoms with Crippen LogP contribution in [0.2, 0.25) is 0 Å². The molecule has 0 aromatic heterocycles. The summed E-state index contributed by atoms with van der Waals surface area (Å²) >= 11 is 0. The van der Waals surface area contributed by atoms with Crippen molar-refractivity contribution in [2.24, 2.45) is 0 Å². The van der Waals surface area contributed by atoms with Crippen LogP contribution < -0.4 is 0 Å². The quantitative estimate of drug-likeness (QED) is 0.159. The Kier molecular flexibility index (Phi) is 4.06. The molecule has 1 fully saturated rings. The Balaban J connectivity index is 2.04. The molecule has 0 aromatic carbocycles. The second kappa shape index (κ2) is 5.09. The molecular formula is C9H14O5. The molecule has 2 atom stereocenters. The van der Waals surface area contributed by atoms with Crippen molar-refractivity contribution in [3.05, 3.63) is 12.2 Å². The topological polar surface area (TPSA) is 57.3 Å². The highest BCUT2D eigenvalue weighted by Crippen LogP contribution is 2.09. The molecule has 0 saturated carbocycles. The van der Waals surface area contributed by atoms with E-state index in [1.165, 1.54) is 0 Å². The summed E-state index contributed by atoms with van der Waals surface area (Å²) in [6, 6.07) is 0. The summed E-state index contributed by atoms with van der Waals surface area (Å²) < 4.78 is 9.67. The van der Waals surface area contributed by atoms with Gasteiger partial charge in [0.15, 0.2) is 0 Å². The van der Waals surface area contributed by atoms with Crippen LogP contribution in [0.3, 0.4) is 0 Å². The normalized spacial score (nSPS) is 21.4. The molecule has 5 nitrogen and oxygen atoms in total. The van der Waals surface area contributed by atoms with Crippen molar-refractivity contribution in [3.8, 4) is 0 Å². The van der Waals surface area contributed by atoms with Crippen molar-refractivity contribution < 1.29 is 24.0 Å². The van der Waals surface area contributed by atoms with E-state index in [0.717, 1.165) is 0 Å². The third-order valence-corrected chi connectivity index (χ3v) is 1.48. The first-order chi connectivity index (χ1) is 6.59. The molecule has 80 valence electrons. The number of ether oxygens (including phenoxy) is 2. The summed E-state index contributed by atoms with van der Waals surface area (Å²) in [5.74, 6) is -0.497. The third-order valence-electron chi connectivity index (χ3n) is 1.48. The maximum absolute atomic E-state index is 11.0. The highest BCUT2D eigenvalue weighted by molar-refractivity contribution is 5.86. The van der Waals surface area contributed by atoms with Crippen molar-refractivity contribution in [3.63, 3.8) is 0 Å². The van der Waals surface area contributed by atoms with Gasteiger partial charge in [0.05, 0.1) is 6.61 Å². The molecule has 0 bridgehead atoms. The van der Waals surface area contributed by atoms with Gasteiger partial charge in [0.2, 0.25) is 6.29 Å². The van der Waals surface area contributed by atoms with Gasteiger partial charge in [-0.2, -0.15) is 4.89 Å². The molecular weight excluding hydrogens is 188 g/mol. The first-order valence-electron chi connectivity index (χ1n) is 4.36. The monoisotopic (exact) mass is 202 g/mol. The average Bonchev–Trinajstić information content (AvgIpc) is 2.87. The van der Waals surface area contributed by atoms with Gasteiger partial charge in [-0.15, -0.1) is 0 Å². The standard InChI is InChI=1S/C9H14O5/c1-6(2)9(10)13-7(3)14-12-5-8-4-11-8/h7-8H,1,4-5H2,2-3H3. The Morgan fingerprint density at radius 3 is 2.86 bits per heavy atom. The van der Waals surface area contributed by atoms with Gasteiger partial charge in [0.25, 0.3) is 0 Å². The van der Waals surface area contributed by atoms with E-state index in [2.05, 4.69) is 6.58 Å². The van der Waals surface area contributed by atoms with Crippen LogP contribution in [-0.2, 0) is 24.0 Å². The van der Waals surface area contributed by atoms with E-state index in [0.29, 0.717) is 18.8 Å². The fraction of sp³-hybridized carbons (Fsp3) is 0.667. The van der Waals surface area contributed by atoms with Crippen LogP contribution in [0, 0.1) is 0 Å². The summed E-state index contributed by atoms with van der Waals surface area (Å²) in [5.41, 5.74) is 0.325. The summed E-state index contributed by atoms with van der Waals surface area (Å²) in [7, 11) is 0. The second-order valence-electron chi connectivity index (χ2n) is 3.09. The molecule has 2 unspecified atom stereocenters. The molecule has 5 heteroatoms. The zero-order valence-electron chi connectivity index (χ0n) is 8.32. The fourth-order valence-electron chi connectivity index (χ4n) is 0.646. The van der Waals surface area contributed by atoms with E-state index in [4.69, 9.17) is 19.2 Å². The molecule has 0 aromatic rings. The predicted molar refractivity (Wildman–Crippen MR) is 47.1 cm³/mol. The van der Waals surface area contributed by atoms with Crippen molar-refractivity contribution >= 4 is 5.97 Å². The average molecular weight is 202 g/mol. The second-order valence-corrected chi connectivity index (χ2v) is 3.09. The summed E-state index contributed by atoms with van der Waals surface area (Å²) in [6.07, 6.45) is -0.614. The van der Waals surface area contributed by atoms with Crippen molar-refractivity contribution in [1.82, 2.24) is 0 Å². The number of carbonyl (C=O) groups excluding carboxylic acids is 1. The molecule has 1 saturated heterocycles. The predicted octanol–water partition coefficient (Wildman–Crippen LogP) is 0.799. The first kappa shape index (κ1) is 11.2. The van der Waals surface area contributed by atoms with E-state index >= 15 is 0 Å². The van der Waals surface area contributed by atoms with Crippen molar-refractivity contribution in [1.29, 1.82) is 0 Å². The number of hydrogen-bond donors (Lipinski definition) is 0. The van der Waals surface area contributed by atoms with Crippen LogP contribution in [0.15, 0.2) is 12.2 Å². The van der Waals surface area contributed by atoms with E-state index in [-0.39, 0.29) is 6.10 Å². The SMILES string of the molecule is C=C(C)C(=O)OC(C)OOCC1CO1. The van der Waals surface area contributed by atoms with Crippen LogP contribution in [-0.4, -0.2) is 31.6 Å². The molecule has 1 aliphatic heterocycles. The molecule has 0 spiro atoms. The molecule has 1 rings (SSSR count).